The van der Waals surface area contributed by atoms with Gasteiger partial charge < -0.3 is 15.5 Å². The summed E-state index contributed by atoms with van der Waals surface area (Å²) in [7, 11) is -3.50. The van der Waals surface area contributed by atoms with E-state index < -0.39 is 32.0 Å². The van der Waals surface area contributed by atoms with Gasteiger partial charge in [-0.2, -0.15) is 0 Å². The minimum absolute atomic E-state index is 0.441. The van der Waals surface area contributed by atoms with E-state index in [1.807, 2.05) is 0 Å². The second-order valence-corrected chi connectivity index (χ2v) is 8.94. The van der Waals surface area contributed by atoms with Crippen molar-refractivity contribution in [2.75, 3.05) is 19.7 Å². The molecule has 3 N–H and O–H groups in total. The van der Waals surface area contributed by atoms with Crippen molar-refractivity contribution in [3.63, 3.8) is 0 Å². The van der Waals surface area contributed by atoms with E-state index in [1.54, 1.807) is 0 Å². The smallest absolute Gasteiger partial charge is 0.165 e. The van der Waals surface area contributed by atoms with Crippen LogP contribution in [-0.2, 0) is 9.84 Å². The highest BCUT2D eigenvalue weighted by molar-refractivity contribution is 7.94. The fourth-order valence-corrected chi connectivity index (χ4v) is 4.74. The summed E-state index contributed by atoms with van der Waals surface area (Å²) in [6.07, 6.45) is 2.12. The number of sulfone groups is 1. The summed E-state index contributed by atoms with van der Waals surface area (Å²) in [6, 6.07) is 0. The van der Waals surface area contributed by atoms with Gasteiger partial charge >= 0.3 is 0 Å². The number of hydrogen-bond donors (Lipinski definition) is 3. The van der Waals surface area contributed by atoms with Crippen molar-refractivity contribution in [3.05, 3.63) is 0 Å². The summed E-state index contributed by atoms with van der Waals surface area (Å²) in [6.45, 7) is 5.80. The Bertz CT molecular complexity index is 387. The maximum absolute atomic E-state index is 12.7. The monoisotopic (exact) mass is 293 g/mol. The summed E-state index contributed by atoms with van der Waals surface area (Å²) >= 11 is 0. The molecular formula is C13H27NO4S. The molecule has 0 spiro atoms. The third kappa shape index (κ3) is 3.12. The van der Waals surface area contributed by atoms with Crippen LogP contribution in [0.15, 0.2) is 0 Å². The van der Waals surface area contributed by atoms with Crippen molar-refractivity contribution in [2.24, 2.45) is 0 Å². The second-order valence-electron chi connectivity index (χ2n) is 6.02. The molecule has 1 fully saturated rings. The van der Waals surface area contributed by atoms with Crippen LogP contribution in [0.25, 0.3) is 0 Å². The quantitative estimate of drug-likeness (QED) is 0.538. The Kier molecular flexibility index (Phi) is 5.40. The Morgan fingerprint density at radius 3 is 2.37 bits per heavy atom. The maximum Gasteiger partial charge on any atom is 0.165 e. The zero-order valence-corrected chi connectivity index (χ0v) is 13.0. The molecule has 0 amide bonds. The van der Waals surface area contributed by atoms with Crippen LogP contribution >= 0.6 is 0 Å². The van der Waals surface area contributed by atoms with Crippen molar-refractivity contribution in [3.8, 4) is 0 Å². The summed E-state index contributed by atoms with van der Waals surface area (Å²) < 4.78 is 23.3. The third-order valence-corrected chi connectivity index (χ3v) is 7.55. The number of aliphatic hydroxyl groups excluding tert-OH is 2. The van der Waals surface area contributed by atoms with Gasteiger partial charge in [-0.1, -0.05) is 13.3 Å². The standard InChI is InChI=1S/C13H27NO4S/c1-4-5-8-14-10-13(6-7-13)19(17,18)12(2,3)11(16)9-15/h11,14-16H,4-10H2,1-3H3/t11-/m1/s1. The molecule has 0 saturated heterocycles. The van der Waals surface area contributed by atoms with Gasteiger partial charge in [0, 0.05) is 6.54 Å². The molecule has 0 aromatic rings. The molecule has 1 aliphatic rings. The zero-order valence-electron chi connectivity index (χ0n) is 12.1. The Hall–Kier alpha value is -0.170. The average molecular weight is 293 g/mol. The summed E-state index contributed by atoms with van der Waals surface area (Å²) in [4.78, 5) is 0. The Morgan fingerprint density at radius 2 is 1.95 bits per heavy atom. The lowest BCUT2D eigenvalue weighted by Gasteiger charge is -2.33. The molecule has 1 saturated carbocycles. The van der Waals surface area contributed by atoms with Gasteiger partial charge in [0.25, 0.3) is 0 Å². The van der Waals surface area contributed by atoms with Crippen molar-refractivity contribution in [2.45, 2.75) is 62.1 Å². The van der Waals surface area contributed by atoms with Crippen LogP contribution in [0, 0.1) is 0 Å². The molecule has 19 heavy (non-hydrogen) atoms. The van der Waals surface area contributed by atoms with Crippen molar-refractivity contribution < 1.29 is 18.6 Å². The molecule has 6 heteroatoms. The first kappa shape index (κ1) is 16.9. The fraction of sp³-hybridized carbons (Fsp3) is 1.00. The number of rotatable bonds is 9. The summed E-state index contributed by atoms with van der Waals surface area (Å²) in [5, 5.41) is 22.0. The molecule has 0 aromatic carbocycles. The minimum atomic E-state index is -3.50. The molecule has 1 atom stereocenters. The van der Waals surface area contributed by atoms with Crippen LogP contribution in [-0.4, -0.2) is 53.9 Å². The van der Waals surface area contributed by atoms with Crippen LogP contribution in [0.1, 0.15) is 46.5 Å². The minimum Gasteiger partial charge on any atom is -0.394 e. The molecule has 0 bridgehead atoms. The van der Waals surface area contributed by atoms with Gasteiger partial charge in [-0.15, -0.1) is 0 Å². The highest BCUT2D eigenvalue weighted by Gasteiger charge is 2.60. The molecule has 0 radical (unpaired) electrons. The molecule has 0 unspecified atom stereocenters. The van der Waals surface area contributed by atoms with Crippen LogP contribution < -0.4 is 5.32 Å². The van der Waals surface area contributed by atoms with Gasteiger partial charge in [-0.25, -0.2) is 8.42 Å². The zero-order chi connectivity index (χ0) is 14.7. The van der Waals surface area contributed by atoms with Gasteiger partial charge in [0.2, 0.25) is 0 Å². The first-order valence-electron chi connectivity index (χ1n) is 6.99. The molecule has 5 nitrogen and oxygen atoms in total. The number of unbranched alkanes of at least 4 members (excludes halogenated alkanes) is 1. The highest BCUT2D eigenvalue weighted by Crippen LogP contribution is 2.48. The van der Waals surface area contributed by atoms with Gasteiger partial charge in [-0.3, -0.25) is 0 Å². The molecule has 0 aromatic heterocycles. The molecule has 1 rings (SSSR count). The van der Waals surface area contributed by atoms with Gasteiger partial charge in [0.05, 0.1) is 22.2 Å². The van der Waals surface area contributed by atoms with Gasteiger partial charge in [-0.05, 0) is 39.7 Å². The number of aliphatic hydroxyl groups is 2. The third-order valence-electron chi connectivity index (χ3n) is 4.20. The SMILES string of the molecule is CCCCNCC1(S(=O)(=O)C(C)(C)[C@H](O)CO)CC1. The topological polar surface area (TPSA) is 86.6 Å². The van der Waals surface area contributed by atoms with E-state index in [4.69, 9.17) is 5.11 Å². The Labute approximate surface area is 116 Å². The van der Waals surface area contributed by atoms with Crippen LogP contribution in [0.3, 0.4) is 0 Å². The van der Waals surface area contributed by atoms with E-state index in [2.05, 4.69) is 12.2 Å². The number of hydrogen-bond acceptors (Lipinski definition) is 5. The van der Waals surface area contributed by atoms with E-state index in [0.717, 1.165) is 19.4 Å². The van der Waals surface area contributed by atoms with Gasteiger partial charge in [0.15, 0.2) is 9.84 Å². The van der Waals surface area contributed by atoms with Crippen molar-refractivity contribution in [1.82, 2.24) is 5.32 Å². The summed E-state index contributed by atoms with van der Waals surface area (Å²) in [5.74, 6) is 0. The largest absolute Gasteiger partial charge is 0.394 e. The molecule has 0 aliphatic heterocycles. The van der Waals surface area contributed by atoms with Crippen LogP contribution in [0.2, 0.25) is 0 Å². The van der Waals surface area contributed by atoms with E-state index >= 15 is 0 Å². The van der Waals surface area contributed by atoms with Crippen molar-refractivity contribution >= 4 is 9.84 Å². The van der Waals surface area contributed by atoms with Crippen molar-refractivity contribution in [1.29, 1.82) is 0 Å². The summed E-state index contributed by atoms with van der Waals surface area (Å²) in [5.41, 5.74) is 0. The molecule has 1 aliphatic carbocycles. The molecule has 114 valence electrons. The van der Waals surface area contributed by atoms with E-state index in [9.17, 15) is 13.5 Å². The van der Waals surface area contributed by atoms with E-state index in [0.29, 0.717) is 19.4 Å². The van der Waals surface area contributed by atoms with E-state index in [1.165, 1.54) is 13.8 Å². The Balaban J connectivity index is 2.76. The average Bonchev–Trinajstić information content (AvgIpc) is 3.14. The Morgan fingerprint density at radius 1 is 1.37 bits per heavy atom. The normalized spacial score (nSPS) is 20.3. The van der Waals surface area contributed by atoms with E-state index in [-0.39, 0.29) is 0 Å². The lowest BCUT2D eigenvalue weighted by molar-refractivity contribution is 0.0686. The first-order chi connectivity index (χ1) is 8.75. The van der Waals surface area contributed by atoms with Crippen LogP contribution in [0.5, 0.6) is 0 Å². The van der Waals surface area contributed by atoms with Gasteiger partial charge in [0.1, 0.15) is 0 Å². The lowest BCUT2D eigenvalue weighted by Crippen LogP contribution is -2.53. The lowest BCUT2D eigenvalue weighted by atomic mass is 10.1. The second kappa shape index (κ2) is 6.08. The first-order valence-corrected chi connectivity index (χ1v) is 8.47. The predicted molar refractivity (Wildman–Crippen MR) is 75.8 cm³/mol. The highest BCUT2D eigenvalue weighted by atomic mass is 32.2. The number of nitrogens with one attached hydrogen (secondary N) is 1. The molecule has 0 heterocycles. The fourth-order valence-electron chi connectivity index (χ4n) is 2.25. The molecular weight excluding hydrogens is 266 g/mol. The maximum atomic E-state index is 12.7. The predicted octanol–water partition coefficient (Wildman–Crippen LogP) is 0.455. The van der Waals surface area contributed by atoms with Crippen LogP contribution in [0.4, 0.5) is 0 Å².